The van der Waals surface area contributed by atoms with Gasteiger partial charge < -0.3 is 19.9 Å². The van der Waals surface area contributed by atoms with E-state index in [1.807, 2.05) is 56.3 Å². The number of thiazole rings is 1. The summed E-state index contributed by atoms with van der Waals surface area (Å²) in [5, 5.41) is 4.45. The number of carbonyl (C=O) groups is 1. The van der Waals surface area contributed by atoms with Crippen LogP contribution in [0.4, 0.5) is 5.13 Å². The number of piperidine rings is 1. The topological polar surface area (TPSA) is 57.7 Å². The van der Waals surface area contributed by atoms with Gasteiger partial charge in [-0.05, 0) is 37.1 Å². The van der Waals surface area contributed by atoms with Crippen molar-refractivity contribution in [2.75, 3.05) is 32.0 Å². The average molecular weight is 413 g/mol. The number of likely N-dealkylation sites (N-methyl/N-ethyl adjacent to an activating group) is 1. The van der Waals surface area contributed by atoms with Crippen LogP contribution in [0.25, 0.3) is 10.2 Å². The fourth-order valence-corrected chi connectivity index (χ4v) is 4.61. The first-order valence-corrected chi connectivity index (χ1v) is 11.0. The van der Waals surface area contributed by atoms with E-state index in [1.165, 1.54) is 0 Å². The zero-order valence-electron chi connectivity index (χ0n) is 17.2. The Morgan fingerprint density at radius 3 is 3.00 bits per heavy atom. The van der Waals surface area contributed by atoms with Gasteiger partial charge in [0.1, 0.15) is 11.5 Å². The molecule has 154 valence electrons. The van der Waals surface area contributed by atoms with Crippen molar-refractivity contribution in [3.8, 4) is 5.75 Å². The normalized spacial score (nSPS) is 19.6. The maximum atomic E-state index is 12.3. The zero-order valence-corrected chi connectivity index (χ0v) is 18.0. The number of hydrogen-bond acceptors (Lipinski definition) is 6. The molecule has 2 aromatic rings. The number of hydrogen-bond donors (Lipinski definition) is 1. The van der Waals surface area contributed by atoms with Crippen molar-refractivity contribution in [2.45, 2.75) is 32.7 Å². The number of allylic oxidation sites excluding steroid dienone is 1. The second-order valence-corrected chi connectivity index (χ2v) is 9.07. The van der Waals surface area contributed by atoms with Gasteiger partial charge in [-0.15, -0.1) is 0 Å². The molecule has 3 heterocycles. The van der Waals surface area contributed by atoms with Crippen LogP contribution < -0.4 is 10.1 Å². The van der Waals surface area contributed by atoms with Gasteiger partial charge in [-0.2, -0.15) is 0 Å². The lowest BCUT2D eigenvalue weighted by molar-refractivity contribution is -0.135. The van der Waals surface area contributed by atoms with Gasteiger partial charge in [0.15, 0.2) is 5.13 Å². The summed E-state index contributed by atoms with van der Waals surface area (Å²) in [5.74, 6) is 1.96. The van der Waals surface area contributed by atoms with Crippen molar-refractivity contribution < 1.29 is 9.53 Å². The number of nitrogens with one attached hydrogen (secondary N) is 1. The highest BCUT2D eigenvalue weighted by Crippen LogP contribution is 2.31. The van der Waals surface area contributed by atoms with Gasteiger partial charge in [0.2, 0.25) is 5.91 Å². The third kappa shape index (κ3) is 4.72. The van der Waals surface area contributed by atoms with Crippen LogP contribution in [0.1, 0.15) is 26.7 Å². The molecule has 1 atom stereocenters. The number of benzene rings is 1. The molecular formula is C22H28N4O2S. The van der Waals surface area contributed by atoms with Crippen molar-refractivity contribution in [1.29, 1.82) is 0 Å². The van der Waals surface area contributed by atoms with Crippen molar-refractivity contribution in [3.05, 3.63) is 42.3 Å². The molecule has 6 nitrogen and oxygen atoms in total. The Morgan fingerprint density at radius 1 is 1.38 bits per heavy atom. The predicted molar refractivity (Wildman–Crippen MR) is 118 cm³/mol. The first kappa shape index (κ1) is 19.8. The molecule has 7 heteroatoms. The zero-order chi connectivity index (χ0) is 20.4. The van der Waals surface area contributed by atoms with Crippen LogP contribution in [-0.4, -0.2) is 53.4 Å². The molecular weight excluding hydrogens is 384 g/mol. The highest BCUT2D eigenvalue weighted by atomic mass is 32.1. The molecule has 1 N–H and O–H groups in total. The third-order valence-electron chi connectivity index (χ3n) is 5.22. The van der Waals surface area contributed by atoms with Crippen molar-refractivity contribution in [3.63, 3.8) is 0 Å². The minimum absolute atomic E-state index is 0.0455. The monoisotopic (exact) mass is 412 g/mol. The second-order valence-electron chi connectivity index (χ2n) is 8.03. The highest BCUT2D eigenvalue weighted by molar-refractivity contribution is 7.22. The molecule has 1 amide bonds. The molecule has 0 unspecified atom stereocenters. The smallest absolute Gasteiger partial charge is 0.225 e. The molecule has 1 fully saturated rings. The number of fused-ring (bicyclic) bond motifs is 1. The van der Waals surface area contributed by atoms with E-state index in [0.717, 1.165) is 59.3 Å². The number of aromatic nitrogens is 1. The molecule has 2 aliphatic heterocycles. The number of likely N-dealkylation sites (tertiary alicyclic amines) is 1. The Morgan fingerprint density at radius 2 is 2.24 bits per heavy atom. The van der Waals surface area contributed by atoms with Gasteiger partial charge in [0.25, 0.3) is 0 Å². The van der Waals surface area contributed by atoms with E-state index in [2.05, 4.69) is 16.3 Å². The molecule has 29 heavy (non-hydrogen) atoms. The van der Waals surface area contributed by atoms with Crippen LogP contribution in [0.5, 0.6) is 5.75 Å². The number of ether oxygens (including phenoxy) is 1. The van der Waals surface area contributed by atoms with E-state index in [0.29, 0.717) is 0 Å². The van der Waals surface area contributed by atoms with Crippen LogP contribution in [0.2, 0.25) is 0 Å². The van der Waals surface area contributed by atoms with Crippen LogP contribution in [0.15, 0.2) is 42.3 Å². The quantitative estimate of drug-likeness (QED) is 0.802. The van der Waals surface area contributed by atoms with Gasteiger partial charge in [0, 0.05) is 50.9 Å². The molecule has 0 saturated carbocycles. The number of anilines is 1. The number of carbonyl (C=O) groups excluding carboxylic acids is 1. The minimum atomic E-state index is 0.0455. The van der Waals surface area contributed by atoms with Gasteiger partial charge >= 0.3 is 0 Å². The van der Waals surface area contributed by atoms with Crippen LogP contribution in [0.3, 0.4) is 0 Å². The summed E-state index contributed by atoms with van der Waals surface area (Å²) in [4.78, 5) is 21.1. The van der Waals surface area contributed by atoms with Gasteiger partial charge in [-0.1, -0.05) is 25.2 Å². The Bertz CT molecular complexity index is 949. The molecule has 0 bridgehead atoms. The van der Waals surface area contributed by atoms with Gasteiger partial charge in [0.05, 0.1) is 10.2 Å². The van der Waals surface area contributed by atoms with Crippen LogP contribution in [0, 0.1) is 5.92 Å². The lowest BCUT2D eigenvalue weighted by Crippen LogP contribution is -2.46. The van der Waals surface area contributed by atoms with E-state index >= 15 is 0 Å². The maximum Gasteiger partial charge on any atom is 0.225 e. The first-order valence-electron chi connectivity index (χ1n) is 10.2. The largest absolute Gasteiger partial charge is 0.458 e. The Hall–Kier alpha value is -2.54. The van der Waals surface area contributed by atoms with Crippen molar-refractivity contribution in [1.82, 2.24) is 14.8 Å². The fraction of sp³-hybridized carbons (Fsp3) is 0.455. The summed E-state index contributed by atoms with van der Waals surface area (Å²) < 4.78 is 7.09. The van der Waals surface area contributed by atoms with Gasteiger partial charge in [-0.25, -0.2) is 4.98 Å². The summed E-state index contributed by atoms with van der Waals surface area (Å²) >= 11 is 1.63. The highest BCUT2D eigenvalue weighted by Gasteiger charge is 2.25. The van der Waals surface area contributed by atoms with Crippen LogP contribution in [-0.2, 0) is 4.79 Å². The SMILES string of the molecule is CC(C)C(=O)N1CCC[C@H](Nc2nc3ccc(OC4=CCN(C)C=C4)cc3s2)C1. The molecule has 4 rings (SSSR count). The number of rotatable bonds is 5. The standard InChI is InChI=1S/C22H28N4O2S/c1-15(2)21(27)26-10-4-5-16(14-26)23-22-24-19-7-6-18(13-20(19)29-22)28-17-8-11-25(3)12-9-17/h6-9,11,13,15-16H,4-5,10,12,14H2,1-3H3,(H,23,24)/t16-/m0/s1. The van der Waals surface area contributed by atoms with E-state index in [1.54, 1.807) is 11.3 Å². The fourth-order valence-electron chi connectivity index (χ4n) is 3.64. The molecule has 2 aliphatic rings. The number of nitrogens with zero attached hydrogens (tertiary/aromatic N) is 3. The maximum absolute atomic E-state index is 12.3. The third-order valence-corrected chi connectivity index (χ3v) is 6.17. The Labute approximate surface area is 175 Å². The van der Waals surface area contributed by atoms with E-state index in [9.17, 15) is 4.79 Å². The van der Waals surface area contributed by atoms with Crippen molar-refractivity contribution in [2.24, 2.45) is 5.92 Å². The predicted octanol–water partition coefficient (Wildman–Crippen LogP) is 4.08. The summed E-state index contributed by atoms with van der Waals surface area (Å²) in [6.45, 7) is 6.38. The Kier molecular flexibility index (Phi) is 5.76. The minimum Gasteiger partial charge on any atom is -0.458 e. The summed E-state index contributed by atoms with van der Waals surface area (Å²) in [6, 6.07) is 6.25. The molecule has 1 aromatic carbocycles. The Balaban J connectivity index is 1.42. The summed E-state index contributed by atoms with van der Waals surface area (Å²) in [5.41, 5.74) is 0.962. The lowest BCUT2D eigenvalue weighted by atomic mass is 10.0. The molecule has 1 saturated heterocycles. The molecule has 0 aliphatic carbocycles. The molecule has 0 spiro atoms. The summed E-state index contributed by atoms with van der Waals surface area (Å²) in [7, 11) is 2.03. The van der Waals surface area contributed by atoms with Gasteiger partial charge in [-0.3, -0.25) is 4.79 Å². The molecule has 1 aromatic heterocycles. The average Bonchev–Trinajstić information content (AvgIpc) is 3.10. The van der Waals surface area contributed by atoms with E-state index < -0.39 is 0 Å². The second kappa shape index (κ2) is 8.45. The van der Waals surface area contributed by atoms with E-state index in [-0.39, 0.29) is 17.9 Å². The summed E-state index contributed by atoms with van der Waals surface area (Å²) in [6.07, 6.45) is 8.13. The van der Waals surface area contributed by atoms with Crippen molar-refractivity contribution >= 4 is 32.6 Å². The molecule has 0 radical (unpaired) electrons. The first-order chi connectivity index (χ1) is 14.0. The lowest BCUT2D eigenvalue weighted by Gasteiger charge is -2.34. The van der Waals surface area contributed by atoms with E-state index in [4.69, 9.17) is 9.72 Å². The van der Waals surface area contributed by atoms with Crippen LogP contribution >= 0.6 is 11.3 Å². The number of amides is 1.